The molecular weight excluding hydrogens is 380 g/mol. The zero-order valence-electron chi connectivity index (χ0n) is 17.3. The highest BCUT2D eigenvalue weighted by Crippen LogP contribution is 2.30. The number of hydrogen-bond acceptors (Lipinski definition) is 5. The number of anilines is 1. The van der Waals surface area contributed by atoms with Crippen LogP contribution < -0.4 is 14.8 Å². The SMILES string of the molecule is COc1ccc(C(=O)Nc2cc(-c3nc4ccc(C)cc4o3)ccc2C)cc1OC. The summed E-state index contributed by atoms with van der Waals surface area (Å²) >= 11 is 0. The second-order valence-corrected chi connectivity index (χ2v) is 7.04. The number of methoxy groups -OCH3 is 2. The minimum atomic E-state index is -0.246. The average Bonchev–Trinajstić information content (AvgIpc) is 3.17. The number of fused-ring (bicyclic) bond motifs is 1. The third-order valence-electron chi connectivity index (χ3n) is 4.92. The van der Waals surface area contributed by atoms with Gasteiger partial charge < -0.3 is 19.2 Å². The predicted molar refractivity (Wildman–Crippen MR) is 116 cm³/mol. The lowest BCUT2D eigenvalue weighted by Crippen LogP contribution is -2.13. The van der Waals surface area contributed by atoms with Crippen molar-refractivity contribution in [2.45, 2.75) is 13.8 Å². The molecule has 30 heavy (non-hydrogen) atoms. The van der Waals surface area contributed by atoms with Crippen molar-refractivity contribution in [2.75, 3.05) is 19.5 Å². The standard InChI is InChI=1S/C24H22N2O4/c1-14-5-9-18-21(11-14)30-24(26-18)17-7-6-15(2)19(12-17)25-23(27)16-8-10-20(28-3)22(13-16)29-4/h5-13H,1-4H3,(H,25,27). The summed E-state index contributed by atoms with van der Waals surface area (Å²) in [5.74, 6) is 1.33. The molecule has 4 aromatic rings. The molecule has 1 heterocycles. The molecule has 0 radical (unpaired) electrons. The number of aromatic nitrogens is 1. The van der Waals surface area contributed by atoms with Crippen molar-refractivity contribution in [2.24, 2.45) is 0 Å². The van der Waals surface area contributed by atoms with Crippen LogP contribution in [0.4, 0.5) is 5.69 Å². The topological polar surface area (TPSA) is 73.6 Å². The maximum absolute atomic E-state index is 12.8. The number of benzene rings is 3. The van der Waals surface area contributed by atoms with Crippen LogP contribution in [0.3, 0.4) is 0 Å². The first kappa shape index (κ1) is 19.5. The lowest BCUT2D eigenvalue weighted by molar-refractivity contribution is 0.102. The second kappa shape index (κ2) is 7.91. The molecule has 3 aromatic carbocycles. The fraction of sp³-hybridized carbons (Fsp3) is 0.167. The molecule has 0 saturated heterocycles. The number of amides is 1. The van der Waals surface area contributed by atoms with Crippen LogP contribution in [0.15, 0.2) is 59.0 Å². The third-order valence-corrected chi connectivity index (χ3v) is 4.92. The first-order valence-electron chi connectivity index (χ1n) is 9.50. The van der Waals surface area contributed by atoms with Gasteiger partial charge in [0.05, 0.1) is 14.2 Å². The molecule has 6 nitrogen and oxygen atoms in total. The largest absolute Gasteiger partial charge is 0.493 e. The van der Waals surface area contributed by atoms with E-state index in [4.69, 9.17) is 13.9 Å². The summed E-state index contributed by atoms with van der Waals surface area (Å²) in [5, 5.41) is 2.96. The van der Waals surface area contributed by atoms with E-state index in [0.717, 1.165) is 27.8 Å². The van der Waals surface area contributed by atoms with E-state index >= 15 is 0 Å². The van der Waals surface area contributed by atoms with E-state index in [9.17, 15) is 4.79 Å². The number of ether oxygens (including phenoxy) is 2. The van der Waals surface area contributed by atoms with E-state index in [1.807, 2.05) is 50.2 Å². The Labute approximate surface area is 174 Å². The Balaban J connectivity index is 1.64. The van der Waals surface area contributed by atoms with Gasteiger partial charge in [0, 0.05) is 16.8 Å². The van der Waals surface area contributed by atoms with Crippen LogP contribution >= 0.6 is 0 Å². The molecule has 0 bridgehead atoms. The van der Waals surface area contributed by atoms with Gasteiger partial charge in [0.2, 0.25) is 5.89 Å². The monoisotopic (exact) mass is 402 g/mol. The van der Waals surface area contributed by atoms with Gasteiger partial charge >= 0.3 is 0 Å². The van der Waals surface area contributed by atoms with E-state index in [2.05, 4.69) is 10.3 Å². The molecule has 4 rings (SSSR count). The van der Waals surface area contributed by atoms with Gasteiger partial charge in [-0.15, -0.1) is 0 Å². The van der Waals surface area contributed by atoms with E-state index in [0.29, 0.717) is 28.6 Å². The zero-order valence-corrected chi connectivity index (χ0v) is 17.3. The van der Waals surface area contributed by atoms with E-state index < -0.39 is 0 Å². The molecule has 1 aromatic heterocycles. The van der Waals surface area contributed by atoms with Crippen molar-refractivity contribution >= 4 is 22.7 Å². The van der Waals surface area contributed by atoms with Gasteiger partial charge in [0.1, 0.15) is 5.52 Å². The number of carbonyl (C=O) groups is 1. The molecular formula is C24H22N2O4. The second-order valence-electron chi connectivity index (χ2n) is 7.04. The number of hydrogen-bond donors (Lipinski definition) is 1. The normalized spacial score (nSPS) is 10.8. The summed E-state index contributed by atoms with van der Waals surface area (Å²) in [5.41, 5.74) is 5.52. The Morgan fingerprint density at radius 3 is 2.50 bits per heavy atom. The molecule has 0 aliphatic rings. The highest BCUT2D eigenvalue weighted by molar-refractivity contribution is 6.05. The summed E-state index contributed by atoms with van der Waals surface area (Å²) in [6.45, 7) is 3.94. The van der Waals surface area contributed by atoms with Crippen molar-refractivity contribution < 1.29 is 18.7 Å². The Bertz CT molecular complexity index is 1240. The van der Waals surface area contributed by atoms with Crippen molar-refractivity contribution in [1.29, 1.82) is 0 Å². The predicted octanol–water partition coefficient (Wildman–Crippen LogP) is 5.38. The number of carbonyl (C=O) groups excluding carboxylic acids is 1. The lowest BCUT2D eigenvalue weighted by Gasteiger charge is -2.12. The van der Waals surface area contributed by atoms with Crippen LogP contribution in [0.2, 0.25) is 0 Å². The number of nitrogens with one attached hydrogen (secondary N) is 1. The number of aryl methyl sites for hydroxylation is 2. The number of rotatable bonds is 5. The Morgan fingerprint density at radius 1 is 0.933 bits per heavy atom. The van der Waals surface area contributed by atoms with Gasteiger partial charge in [-0.05, 0) is 67.4 Å². The molecule has 0 saturated carbocycles. The number of nitrogens with zero attached hydrogens (tertiary/aromatic N) is 1. The minimum Gasteiger partial charge on any atom is -0.493 e. The lowest BCUT2D eigenvalue weighted by atomic mass is 10.1. The molecule has 6 heteroatoms. The van der Waals surface area contributed by atoms with Crippen LogP contribution in [-0.2, 0) is 0 Å². The summed E-state index contributed by atoms with van der Waals surface area (Å²) in [6.07, 6.45) is 0. The van der Waals surface area contributed by atoms with E-state index in [-0.39, 0.29) is 5.91 Å². The summed E-state index contributed by atoms with van der Waals surface area (Å²) in [7, 11) is 3.09. The molecule has 152 valence electrons. The first-order valence-corrected chi connectivity index (χ1v) is 9.50. The molecule has 0 aliphatic heterocycles. The van der Waals surface area contributed by atoms with Crippen LogP contribution in [0.5, 0.6) is 11.5 Å². The smallest absolute Gasteiger partial charge is 0.255 e. The molecule has 0 unspecified atom stereocenters. The minimum absolute atomic E-state index is 0.246. The van der Waals surface area contributed by atoms with Gasteiger partial charge in [-0.2, -0.15) is 0 Å². The number of oxazole rings is 1. The molecule has 0 aliphatic carbocycles. The maximum Gasteiger partial charge on any atom is 0.255 e. The van der Waals surface area contributed by atoms with Gasteiger partial charge in [-0.3, -0.25) is 4.79 Å². The third kappa shape index (κ3) is 3.72. The van der Waals surface area contributed by atoms with Crippen molar-refractivity contribution in [3.63, 3.8) is 0 Å². The highest BCUT2D eigenvalue weighted by Gasteiger charge is 2.14. The quantitative estimate of drug-likeness (QED) is 0.485. The molecule has 0 spiro atoms. The van der Waals surface area contributed by atoms with Crippen molar-refractivity contribution in [1.82, 2.24) is 4.98 Å². The molecule has 0 fully saturated rings. The Kier molecular flexibility index (Phi) is 5.14. The van der Waals surface area contributed by atoms with Gasteiger partial charge in [0.25, 0.3) is 5.91 Å². The summed E-state index contributed by atoms with van der Waals surface area (Å²) in [6, 6.07) is 16.7. The van der Waals surface area contributed by atoms with Crippen LogP contribution in [0.1, 0.15) is 21.5 Å². The fourth-order valence-corrected chi connectivity index (χ4v) is 3.22. The first-order chi connectivity index (χ1) is 14.5. The van der Waals surface area contributed by atoms with E-state index in [1.165, 1.54) is 7.11 Å². The molecule has 1 amide bonds. The summed E-state index contributed by atoms with van der Waals surface area (Å²) in [4.78, 5) is 17.4. The Morgan fingerprint density at radius 2 is 1.73 bits per heavy atom. The van der Waals surface area contributed by atoms with Gasteiger partial charge in [-0.25, -0.2) is 4.98 Å². The Hall–Kier alpha value is -3.80. The molecule has 0 atom stereocenters. The zero-order chi connectivity index (χ0) is 21.3. The van der Waals surface area contributed by atoms with Crippen LogP contribution in [0, 0.1) is 13.8 Å². The van der Waals surface area contributed by atoms with Gasteiger partial charge in [-0.1, -0.05) is 12.1 Å². The highest BCUT2D eigenvalue weighted by atomic mass is 16.5. The van der Waals surface area contributed by atoms with Crippen molar-refractivity contribution in [3.8, 4) is 23.0 Å². The van der Waals surface area contributed by atoms with Gasteiger partial charge in [0.15, 0.2) is 17.1 Å². The molecule has 1 N–H and O–H groups in total. The van der Waals surface area contributed by atoms with Crippen LogP contribution in [-0.4, -0.2) is 25.1 Å². The fourth-order valence-electron chi connectivity index (χ4n) is 3.22. The average molecular weight is 402 g/mol. The summed E-state index contributed by atoms with van der Waals surface area (Å²) < 4.78 is 16.4. The van der Waals surface area contributed by atoms with Crippen LogP contribution in [0.25, 0.3) is 22.6 Å². The maximum atomic E-state index is 12.8. The van der Waals surface area contributed by atoms with E-state index in [1.54, 1.807) is 25.3 Å². The van der Waals surface area contributed by atoms with Crippen molar-refractivity contribution in [3.05, 3.63) is 71.3 Å².